The number of methoxy groups -OCH3 is 2. The van der Waals surface area contributed by atoms with Gasteiger partial charge in [-0.1, -0.05) is 27.5 Å². The highest BCUT2D eigenvalue weighted by Crippen LogP contribution is 2.35. The SMILES string of the molecule is COc1cc(/C=N/NC(=O)c2cc(Br)ccc2Cl)cc(Br)c1OC. The zero-order chi connectivity index (χ0) is 17.7. The average Bonchev–Trinajstić information content (AvgIpc) is 2.56. The standard InChI is InChI=1S/C16H13Br2ClN2O3/c1-23-14-6-9(5-12(18)15(14)24-2)8-20-21-16(22)11-7-10(17)3-4-13(11)19/h3-8H,1-2H3,(H,21,22)/b20-8+. The minimum absolute atomic E-state index is 0.330. The maximum absolute atomic E-state index is 12.1. The quantitative estimate of drug-likeness (QED) is 0.505. The molecule has 0 heterocycles. The maximum atomic E-state index is 12.1. The van der Waals surface area contributed by atoms with Crippen LogP contribution < -0.4 is 14.9 Å². The molecule has 0 aliphatic heterocycles. The zero-order valence-electron chi connectivity index (χ0n) is 12.8. The van der Waals surface area contributed by atoms with Crippen molar-refractivity contribution in [2.45, 2.75) is 0 Å². The van der Waals surface area contributed by atoms with Crippen molar-refractivity contribution in [2.24, 2.45) is 5.10 Å². The number of halogens is 3. The molecule has 0 aliphatic carbocycles. The van der Waals surface area contributed by atoms with Crippen molar-refractivity contribution in [1.82, 2.24) is 5.43 Å². The number of carbonyl (C=O) groups is 1. The highest BCUT2D eigenvalue weighted by molar-refractivity contribution is 9.10. The van der Waals surface area contributed by atoms with E-state index in [0.717, 1.165) is 10.0 Å². The molecule has 2 rings (SSSR count). The fourth-order valence-electron chi connectivity index (χ4n) is 1.91. The normalized spacial score (nSPS) is 10.7. The average molecular weight is 477 g/mol. The smallest absolute Gasteiger partial charge is 0.272 e. The van der Waals surface area contributed by atoms with Crippen molar-refractivity contribution in [3.63, 3.8) is 0 Å². The van der Waals surface area contributed by atoms with Gasteiger partial charge in [-0.15, -0.1) is 0 Å². The van der Waals surface area contributed by atoms with Crippen LogP contribution in [0.4, 0.5) is 0 Å². The molecule has 0 aromatic heterocycles. The summed E-state index contributed by atoms with van der Waals surface area (Å²) in [7, 11) is 3.10. The maximum Gasteiger partial charge on any atom is 0.272 e. The topological polar surface area (TPSA) is 59.9 Å². The van der Waals surface area contributed by atoms with Gasteiger partial charge >= 0.3 is 0 Å². The van der Waals surface area contributed by atoms with E-state index < -0.39 is 5.91 Å². The number of amides is 1. The summed E-state index contributed by atoms with van der Waals surface area (Å²) in [5, 5.41) is 4.29. The van der Waals surface area contributed by atoms with E-state index in [0.29, 0.717) is 26.6 Å². The monoisotopic (exact) mass is 474 g/mol. The third kappa shape index (κ3) is 4.49. The van der Waals surface area contributed by atoms with Crippen LogP contribution in [0.25, 0.3) is 0 Å². The van der Waals surface area contributed by atoms with E-state index in [1.807, 2.05) is 0 Å². The first-order valence-corrected chi connectivity index (χ1v) is 8.62. The number of rotatable bonds is 5. The highest BCUT2D eigenvalue weighted by atomic mass is 79.9. The van der Waals surface area contributed by atoms with Gasteiger partial charge in [-0.05, 0) is 51.8 Å². The molecule has 1 amide bonds. The van der Waals surface area contributed by atoms with E-state index >= 15 is 0 Å². The van der Waals surface area contributed by atoms with E-state index in [1.165, 1.54) is 6.21 Å². The molecule has 0 bridgehead atoms. The van der Waals surface area contributed by atoms with Crippen molar-refractivity contribution in [3.05, 3.63) is 55.4 Å². The molecule has 0 saturated heterocycles. The summed E-state index contributed by atoms with van der Waals surface area (Å²) in [5.41, 5.74) is 3.49. The summed E-state index contributed by atoms with van der Waals surface area (Å²) >= 11 is 12.7. The Hall–Kier alpha value is -1.57. The second kappa shape index (κ2) is 8.50. The van der Waals surface area contributed by atoms with E-state index in [9.17, 15) is 4.79 Å². The van der Waals surface area contributed by atoms with Crippen LogP contribution in [0, 0.1) is 0 Å². The highest BCUT2D eigenvalue weighted by Gasteiger charge is 2.11. The van der Waals surface area contributed by atoms with Gasteiger partial charge in [-0.2, -0.15) is 5.10 Å². The second-order valence-corrected chi connectivity index (χ2v) is 6.74. The van der Waals surface area contributed by atoms with Crippen LogP contribution >= 0.6 is 43.5 Å². The van der Waals surface area contributed by atoms with Crippen LogP contribution in [0.5, 0.6) is 11.5 Å². The van der Waals surface area contributed by atoms with Crippen molar-refractivity contribution >= 4 is 55.6 Å². The van der Waals surface area contributed by atoms with Crippen LogP contribution in [0.2, 0.25) is 5.02 Å². The van der Waals surface area contributed by atoms with Crippen LogP contribution in [0.3, 0.4) is 0 Å². The Bertz CT molecular complexity index is 797. The fourth-order valence-corrected chi connectivity index (χ4v) is 3.10. The molecule has 0 unspecified atom stereocenters. The Labute approximate surface area is 161 Å². The van der Waals surface area contributed by atoms with Gasteiger partial charge in [0.15, 0.2) is 11.5 Å². The fraction of sp³-hybridized carbons (Fsp3) is 0.125. The zero-order valence-corrected chi connectivity index (χ0v) is 16.7. The van der Waals surface area contributed by atoms with Crippen molar-refractivity contribution in [1.29, 1.82) is 0 Å². The predicted molar refractivity (Wildman–Crippen MR) is 101 cm³/mol. The first-order valence-electron chi connectivity index (χ1n) is 6.66. The molecular weight excluding hydrogens is 463 g/mol. The Morgan fingerprint density at radius 1 is 1.21 bits per heavy atom. The van der Waals surface area contributed by atoms with Gasteiger partial charge in [0.1, 0.15) is 0 Å². The minimum Gasteiger partial charge on any atom is -0.493 e. The van der Waals surface area contributed by atoms with Crippen molar-refractivity contribution in [2.75, 3.05) is 14.2 Å². The molecule has 126 valence electrons. The molecule has 0 saturated carbocycles. The lowest BCUT2D eigenvalue weighted by atomic mass is 10.2. The Morgan fingerprint density at radius 3 is 2.62 bits per heavy atom. The molecule has 0 radical (unpaired) electrons. The summed E-state index contributed by atoms with van der Waals surface area (Å²) < 4.78 is 12.0. The third-order valence-electron chi connectivity index (χ3n) is 3.01. The minimum atomic E-state index is -0.405. The van der Waals surface area contributed by atoms with Crippen LogP contribution in [-0.4, -0.2) is 26.3 Å². The van der Waals surface area contributed by atoms with Crippen LogP contribution in [-0.2, 0) is 0 Å². The van der Waals surface area contributed by atoms with Gasteiger partial charge in [-0.3, -0.25) is 4.79 Å². The summed E-state index contributed by atoms with van der Waals surface area (Å²) in [6.07, 6.45) is 1.50. The number of benzene rings is 2. The van der Waals surface area contributed by atoms with E-state index in [-0.39, 0.29) is 0 Å². The van der Waals surface area contributed by atoms with Gasteiger partial charge in [0.2, 0.25) is 0 Å². The van der Waals surface area contributed by atoms with Crippen molar-refractivity contribution < 1.29 is 14.3 Å². The Balaban J connectivity index is 2.15. The van der Waals surface area contributed by atoms with Crippen molar-refractivity contribution in [3.8, 4) is 11.5 Å². The number of hydrazone groups is 1. The van der Waals surface area contributed by atoms with E-state index in [4.69, 9.17) is 21.1 Å². The molecule has 0 atom stereocenters. The largest absolute Gasteiger partial charge is 0.493 e. The number of nitrogens with one attached hydrogen (secondary N) is 1. The molecule has 2 aromatic rings. The number of hydrogen-bond acceptors (Lipinski definition) is 4. The predicted octanol–water partition coefficient (Wildman–Crippen LogP) is 4.65. The van der Waals surface area contributed by atoms with Crippen LogP contribution in [0.1, 0.15) is 15.9 Å². The molecule has 5 nitrogen and oxygen atoms in total. The molecule has 2 aromatic carbocycles. The molecule has 0 aliphatic rings. The summed E-state index contributed by atoms with van der Waals surface area (Å²) in [4.78, 5) is 12.1. The summed E-state index contributed by atoms with van der Waals surface area (Å²) in [5.74, 6) is 0.728. The molecule has 24 heavy (non-hydrogen) atoms. The third-order valence-corrected chi connectivity index (χ3v) is 4.42. The Morgan fingerprint density at radius 2 is 1.96 bits per heavy atom. The van der Waals surface area contributed by atoms with E-state index in [2.05, 4.69) is 42.4 Å². The molecule has 8 heteroatoms. The Kier molecular flexibility index (Phi) is 6.65. The van der Waals surface area contributed by atoms with Gasteiger partial charge < -0.3 is 9.47 Å². The summed E-state index contributed by atoms with van der Waals surface area (Å²) in [6, 6.07) is 8.55. The lowest BCUT2D eigenvalue weighted by molar-refractivity contribution is 0.0955. The first kappa shape index (κ1) is 18.8. The number of hydrogen-bond donors (Lipinski definition) is 1. The molecule has 0 fully saturated rings. The number of ether oxygens (including phenoxy) is 2. The molecule has 0 spiro atoms. The summed E-state index contributed by atoms with van der Waals surface area (Å²) in [6.45, 7) is 0. The molecule has 1 N–H and O–H groups in total. The number of carbonyl (C=O) groups excluding carboxylic acids is 1. The van der Waals surface area contributed by atoms with Gasteiger partial charge in [0, 0.05) is 4.47 Å². The first-order chi connectivity index (χ1) is 11.5. The van der Waals surface area contributed by atoms with Gasteiger partial charge in [-0.25, -0.2) is 5.43 Å². The van der Waals surface area contributed by atoms with Gasteiger partial charge in [0.25, 0.3) is 5.91 Å². The lowest BCUT2D eigenvalue weighted by Crippen LogP contribution is -2.18. The van der Waals surface area contributed by atoms with Crippen LogP contribution in [0.15, 0.2) is 44.4 Å². The lowest BCUT2D eigenvalue weighted by Gasteiger charge is -2.10. The van der Waals surface area contributed by atoms with Gasteiger partial charge in [0.05, 0.1) is 35.5 Å². The second-order valence-electron chi connectivity index (χ2n) is 4.56. The van der Waals surface area contributed by atoms with E-state index in [1.54, 1.807) is 44.6 Å². The molecular formula is C16H13Br2ClN2O3. The number of nitrogens with zero attached hydrogens (tertiary/aromatic N) is 1.